The van der Waals surface area contributed by atoms with Crippen molar-refractivity contribution >= 4 is 81.4 Å². The summed E-state index contributed by atoms with van der Waals surface area (Å²) >= 11 is 0. The number of nitrogens with zero attached hydrogens (tertiary/aromatic N) is 9. The number of carbonyl (C=O) groups excluding carboxylic acids is 2. The highest BCUT2D eigenvalue weighted by Gasteiger charge is 2.24. The van der Waals surface area contributed by atoms with Gasteiger partial charge in [0.2, 0.25) is 40.1 Å². The van der Waals surface area contributed by atoms with Crippen molar-refractivity contribution in [1.29, 1.82) is 0 Å². The predicted octanol–water partition coefficient (Wildman–Crippen LogP) is 4.32. The van der Waals surface area contributed by atoms with Crippen molar-refractivity contribution in [3.8, 4) is 11.4 Å². The molecule has 21 N–H and O–H groups in total. The lowest BCUT2D eigenvalue weighted by molar-refractivity contribution is -0.117. The number of nitrogens with one attached hydrogen (secondary N) is 2. The van der Waals surface area contributed by atoms with Crippen molar-refractivity contribution in [2.24, 2.45) is 48.8 Å². The summed E-state index contributed by atoms with van der Waals surface area (Å²) in [6.07, 6.45) is 4.61. The number of halogens is 1. The maximum Gasteiger partial charge on any atom is 0.338 e. The smallest absolute Gasteiger partial charge is 0.338 e. The van der Waals surface area contributed by atoms with E-state index in [4.69, 9.17) is 47.1 Å². The number of primary sulfonamides is 4. The monoisotopic (exact) mass is 1620 g/mol. The fraction of sp³-hybridized carbons (Fsp3) is 0.127. The highest BCUT2D eigenvalue weighted by molar-refractivity contribution is 7.90. The molecule has 0 saturated carbocycles. The zero-order valence-corrected chi connectivity index (χ0v) is 63.2. The van der Waals surface area contributed by atoms with E-state index in [1.165, 1.54) is 48.2 Å². The third-order valence-electron chi connectivity index (χ3n) is 14.6. The maximum absolute atomic E-state index is 13.1. The zero-order chi connectivity index (χ0) is 83.1. The van der Waals surface area contributed by atoms with E-state index in [1.54, 1.807) is 50.0 Å². The van der Waals surface area contributed by atoms with Gasteiger partial charge in [-0.3, -0.25) is 37.1 Å². The number of amides is 2. The minimum absolute atomic E-state index is 0.106. The van der Waals surface area contributed by atoms with Crippen LogP contribution in [0, 0.1) is 19.7 Å². The van der Waals surface area contributed by atoms with Crippen LogP contribution in [0.3, 0.4) is 0 Å². The minimum atomic E-state index is -4.02. The lowest BCUT2D eigenvalue weighted by Crippen LogP contribution is -2.26. The van der Waals surface area contributed by atoms with Crippen molar-refractivity contribution in [2.45, 2.75) is 72.7 Å². The number of hydrogen-bond donors (Lipinski definition) is 13. The Balaban J connectivity index is 0.000000253. The number of sulfonamides is 4. The summed E-state index contributed by atoms with van der Waals surface area (Å²) in [7, 11) is -14.5. The summed E-state index contributed by atoms with van der Waals surface area (Å²) in [5.41, 5.74) is 11.6. The highest BCUT2D eigenvalue weighted by Crippen LogP contribution is 2.25. The molecule has 112 heavy (non-hydrogen) atoms. The number of nitrogen functional groups attached to an aromatic ring is 1. The molecule has 0 bridgehead atoms. The lowest BCUT2D eigenvalue weighted by atomic mass is 10.1. The number of benzene rings is 7. The van der Waals surface area contributed by atoms with Crippen molar-refractivity contribution in [2.75, 3.05) is 12.5 Å². The van der Waals surface area contributed by atoms with Gasteiger partial charge in [0.25, 0.3) is 11.8 Å². The van der Waals surface area contributed by atoms with Gasteiger partial charge in [-0.05, 0) is 128 Å². The van der Waals surface area contributed by atoms with Gasteiger partial charge in [0, 0.05) is 38.7 Å². The number of carbonyl (C=O) groups is 5. The molecule has 0 fully saturated rings. The van der Waals surface area contributed by atoms with Crippen LogP contribution in [-0.4, -0.2) is 131 Å². The number of rotatable bonds is 20. The number of aromatic carboxylic acids is 3. The summed E-state index contributed by atoms with van der Waals surface area (Å²) in [4.78, 5) is 76.9. The molecule has 7 aromatic carbocycles. The van der Waals surface area contributed by atoms with Crippen LogP contribution in [-0.2, 0) is 82.0 Å². The quantitative estimate of drug-likeness (QED) is 0.0219. The second-order valence-corrected chi connectivity index (χ2v) is 28.9. The van der Waals surface area contributed by atoms with Gasteiger partial charge in [0.1, 0.15) is 29.1 Å². The Morgan fingerprint density at radius 1 is 0.500 bits per heavy atom. The number of nitrogens with two attached hydrogens (primary N) is 8. The van der Waals surface area contributed by atoms with E-state index in [2.05, 4.69) is 57.6 Å². The van der Waals surface area contributed by atoms with Crippen LogP contribution in [0.4, 0.5) is 10.1 Å². The van der Waals surface area contributed by atoms with Crippen LogP contribution in [0.5, 0.6) is 0 Å². The fourth-order valence-corrected chi connectivity index (χ4v) is 11.5. The van der Waals surface area contributed by atoms with Crippen LogP contribution in [0.2, 0.25) is 0 Å². The van der Waals surface area contributed by atoms with Gasteiger partial charge >= 0.3 is 17.9 Å². The normalized spacial score (nSPS) is 11.0. The number of anilines is 1. The Morgan fingerprint density at radius 2 is 0.875 bits per heavy atom. The number of pyridine rings is 2. The molecule has 0 aliphatic rings. The molecule has 0 unspecified atom stereocenters. The largest absolute Gasteiger partial charge is 0.484 e. The van der Waals surface area contributed by atoms with Crippen molar-refractivity contribution in [3.63, 3.8) is 0 Å². The van der Waals surface area contributed by atoms with Crippen LogP contribution in [0.1, 0.15) is 99.7 Å². The number of aryl methyl sites for hydroxylation is 2. The summed E-state index contributed by atoms with van der Waals surface area (Å²) in [6.45, 7) is 5.81. The average molecular weight is 1620 g/mol. The van der Waals surface area contributed by atoms with E-state index >= 15 is 0 Å². The third kappa shape index (κ3) is 28.4. The van der Waals surface area contributed by atoms with Crippen LogP contribution in [0.25, 0.3) is 11.4 Å². The average Bonchev–Trinajstić information content (AvgIpc) is 1.56. The fourth-order valence-electron chi connectivity index (χ4n) is 9.36. The Hall–Kier alpha value is -12.7. The molecular formula is C71H78FN19O17S4. The topological polar surface area (TPSA) is 624 Å². The van der Waals surface area contributed by atoms with E-state index in [-0.39, 0.29) is 55.2 Å². The van der Waals surface area contributed by atoms with E-state index in [0.717, 1.165) is 52.7 Å². The van der Waals surface area contributed by atoms with E-state index in [1.807, 2.05) is 115 Å². The molecule has 11 rings (SSSR count). The van der Waals surface area contributed by atoms with E-state index in [0.29, 0.717) is 72.5 Å². The van der Waals surface area contributed by atoms with Gasteiger partial charge in [0.15, 0.2) is 5.90 Å². The molecule has 0 spiro atoms. The summed E-state index contributed by atoms with van der Waals surface area (Å²) in [5.74, 6) is 9.79. The van der Waals surface area contributed by atoms with Gasteiger partial charge in [-0.15, -0.1) is 0 Å². The number of carboxylic acids is 3. The first-order chi connectivity index (χ1) is 52.9. The molecule has 4 aromatic heterocycles. The number of hydrazine groups is 2. The van der Waals surface area contributed by atoms with Crippen LogP contribution in [0.15, 0.2) is 237 Å². The Morgan fingerprint density at radius 3 is 1.26 bits per heavy atom. The number of methoxy groups -OCH3 is 1. The Bertz CT molecular complexity index is 5570. The summed E-state index contributed by atoms with van der Waals surface area (Å²) in [5, 5.41) is 58.2. The van der Waals surface area contributed by atoms with Gasteiger partial charge in [-0.1, -0.05) is 103 Å². The highest BCUT2D eigenvalue weighted by atomic mass is 32.2. The second kappa shape index (κ2) is 42.4. The number of aromatic nitrogens is 8. The minimum Gasteiger partial charge on any atom is -0.484 e. The number of hydrogen-bond acceptors (Lipinski definition) is 25. The zero-order valence-electron chi connectivity index (χ0n) is 60.0. The van der Waals surface area contributed by atoms with Gasteiger partial charge in [-0.2, -0.15) is 15.2 Å². The van der Waals surface area contributed by atoms with Gasteiger partial charge in [-0.25, -0.2) is 92.3 Å². The SMILES string of the molecule is COC(C)=NC(=O)Cc1ccccc1.Cc1nc(Cc2ccccc2)n(-c2ccc(S(N)(=O)=O)cc2C(=O)NCc2ccccn2)n1.Cc1nc(Cc2ccccc2)n(-c2ccc(S(N)(=O)=O)cc2C(=O)O)n1.NCc1ccccn1.NN.NNc1ccc(S(N)(=O)=O)cc1C(=O)O.NS(=O)(=O)c1ccc(F)c(C(=O)O)c1. The lowest BCUT2D eigenvalue weighted by Gasteiger charge is -2.13. The van der Waals surface area contributed by atoms with E-state index < -0.39 is 80.2 Å². The standard InChI is InChI=1S/C23H22N6O3S.C17H16N4O4S.C11H13NO2.C7H6FNO4S.C7H9N3O4S.C6H8N2.H4N2/c1-16-27-22(13-17-7-3-2-4-8-17)29(28-16)21-11-10-19(33(24,31)32)14-20(21)23(30)26-15-18-9-5-6-12-25-18;1-11-19-16(9-12-5-3-2-4-6-12)21(20-11)15-8-7-13(26(18,24)25)10-14(15)17(22)23;1-9(14-2)12-11(13)8-10-6-4-3-5-7-10;8-6-2-1-4(14(9,12)13)3-5(6)7(10)11;8-10-6-2-1-4(15(9,13)14)3-5(6)7(11)12;7-5-6-3-1-2-4-8-6;1-2/h2-12,14H,13,15H2,1H3,(H,26,30)(H2,24,31,32);2-8,10H,9H2,1H3,(H,22,23)(H2,18,24,25);3-7H,8H2,1-2H3;1-3H,(H,10,11)(H2,9,12,13);1-3,10H,8H2,(H,11,12)(H2,9,13,14);1-4H,5,7H2;1-2H2. The molecule has 11 aromatic rings. The molecule has 2 amide bonds. The van der Waals surface area contributed by atoms with E-state index in [9.17, 15) is 67.1 Å². The van der Waals surface area contributed by atoms with Gasteiger partial charge in [0.05, 0.1) is 90.4 Å². The molecule has 41 heteroatoms. The van der Waals surface area contributed by atoms with Crippen molar-refractivity contribution < 1.29 is 82.1 Å². The first-order valence-corrected chi connectivity index (χ1v) is 38.3. The number of carboxylic acid groups (broad SMARTS) is 3. The van der Waals surface area contributed by atoms with Crippen LogP contribution < -0.4 is 54.6 Å². The molecule has 0 aliphatic heterocycles. The van der Waals surface area contributed by atoms with Crippen LogP contribution >= 0.6 is 0 Å². The Labute approximate surface area is 642 Å². The molecule has 0 radical (unpaired) electrons. The van der Waals surface area contributed by atoms with Crippen molar-refractivity contribution in [1.82, 2.24) is 44.8 Å². The van der Waals surface area contributed by atoms with Gasteiger partial charge < -0.3 is 36.5 Å². The third-order valence-corrected chi connectivity index (χ3v) is 18.2. The maximum atomic E-state index is 13.1. The molecule has 0 aliphatic carbocycles. The first-order valence-electron chi connectivity index (χ1n) is 32.1. The Kier molecular flexibility index (Phi) is 34.0. The molecule has 0 saturated heterocycles. The number of ether oxygens (including phenoxy) is 1. The predicted molar refractivity (Wildman–Crippen MR) is 409 cm³/mol. The molecule has 0 atom stereocenters. The molecule has 4 heterocycles. The second-order valence-electron chi connectivity index (χ2n) is 22.7. The summed E-state index contributed by atoms with van der Waals surface area (Å²) < 4.78 is 111. The molecule has 36 nitrogen and oxygen atoms in total. The first kappa shape index (κ1) is 90.0. The molecule has 590 valence electrons. The molecular weight excluding hydrogens is 1540 g/mol. The number of aliphatic imine (C=N–C) groups is 1. The summed E-state index contributed by atoms with van der Waals surface area (Å²) in [6, 6.07) is 53.2. The van der Waals surface area contributed by atoms with Crippen molar-refractivity contribution in [3.05, 3.63) is 292 Å².